The number of hydrogen-bond acceptors (Lipinski definition) is 6. The van der Waals surface area contributed by atoms with Gasteiger partial charge in [-0.2, -0.15) is 4.72 Å². The van der Waals surface area contributed by atoms with Crippen LogP contribution in [0.15, 0.2) is 63.8 Å². The van der Waals surface area contributed by atoms with Gasteiger partial charge in [0.1, 0.15) is 17.6 Å². The lowest BCUT2D eigenvalue weighted by atomic mass is 9.98. The topological polar surface area (TPSA) is 109 Å². The van der Waals surface area contributed by atoms with Crippen molar-refractivity contribution >= 4 is 26.7 Å². The second-order valence-corrected chi connectivity index (χ2v) is 10.7. The summed E-state index contributed by atoms with van der Waals surface area (Å²) in [6.07, 6.45) is -1.25. The van der Waals surface area contributed by atoms with Crippen molar-refractivity contribution in [2.45, 2.75) is 33.0 Å². The zero-order chi connectivity index (χ0) is 27.1. The normalized spacial score (nSPS) is 13.5. The molecule has 0 radical (unpaired) electrons. The van der Waals surface area contributed by atoms with Gasteiger partial charge in [-0.05, 0) is 44.5 Å². The van der Waals surface area contributed by atoms with Crippen molar-refractivity contribution in [3.63, 3.8) is 0 Å². The second-order valence-electron chi connectivity index (χ2n) is 8.96. The molecule has 0 amide bonds. The van der Waals surface area contributed by atoms with E-state index in [1.807, 2.05) is 42.0 Å². The first kappa shape index (κ1) is 26.5. The van der Waals surface area contributed by atoms with Gasteiger partial charge >= 0.3 is 0 Å². The summed E-state index contributed by atoms with van der Waals surface area (Å²) in [6.45, 7) is 5.23. The van der Waals surface area contributed by atoms with Gasteiger partial charge < -0.3 is 14.8 Å². The van der Waals surface area contributed by atoms with Crippen LogP contribution >= 0.6 is 0 Å². The van der Waals surface area contributed by atoms with Crippen molar-refractivity contribution in [1.82, 2.24) is 4.72 Å². The van der Waals surface area contributed by atoms with E-state index in [-0.39, 0.29) is 11.1 Å². The Labute approximate surface area is 212 Å². The first-order chi connectivity index (χ1) is 17.4. The van der Waals surface area contributed by atoms with Crippen LogP contribution in [0.1, 0.15) is 41.4 Å². The fourth-order valence-electron chi connectivity index (χ4n) is 4.29. The van der Waals surface area contributed by atoms with Crippen molar-refractivity contribution in [2.75, 3.05) is 11.6 Å². The highest BCUT2D eigenvalue weighted by atomic mass is 32.2. The van der Waals surface area contributed by atoms with Crippen LogP contribution in [-0.4, -0.2) is 19.8 Å². The largest absolute Gasteiger partial charge is 0.455 e. The molecule has 37 heavy (non-hydrogen) atoms. The van der Waals surface area contributed by atoms with Crippen LogP contribution in [0.5, 0.6) is 0 Å². The van der Waals surface area contributed by atoms with E-state index in [0.29, 0.717) is 27.9 Å². The van der Waals surface area contributed by atoms with Crippen LogP contribution in [0, 0.1) is 25.5 Å². The smallest absolute Gasteiger partial charge is 0.211 e. The minimum Gasteiger partial charge on any atom is -0.455 e. The fourth-order valence-corrected chi connectivity index (χ4v) is 4.81. The van der Waals surface area contributed by atoms with Gasteiger partial charge in [0.15, 0.2) is 17.1 Å². The van der Waals surface area contributed by atoms with Crippen molar-refractivity contribution in [1.29, 1.82) is 0 Å². The highest BCUT2D eigenvalue weighted by Gasteiger charge is 2.25. The monoisotopic (exact) mass is 528 g/mol. The van der Waals surface area contributed by atoms with Gasteiger partial charge in [0, 0.05) is 22.4 Å². The summed E-state index contributed by atoms with van der Waals surface area (Å²) in [5, 5.41) is 13.8. The molecule has 0 bridgehead atoms. The number of aliphatic hydroxyl groups is 1. The minimum absolute atomic E-state index is 0.0394. The lowest BCUT2D eigenvalue weighted by molar-refractivity contribution is 0.161. The summed E-state index contributed by atoms with van der Waals surface area (Å²) in [5.41, 5.74) is 2.00. The zero-order valence-electron chi connectivity index (χ0n) is 20.6. The Morgan fingerprint density at radius 1 is 1.03 bits per heavy atom. The Bertz CT molecular complexity index is 1650. The van der Waals surface area contributed by atoms with Crippen LogP contribution in [0.3, 0.4) is 0 Å². The molecule has 3 N–H and O–H groups in total. The zero-order valence-corrected chi connectivity index (χ0v) is 21.4. The number of hydrogen-bond donors (Lipinski definition) is 3. The summed E-state index contributed by atoms with van der Waals surface area (Å²) in [5.74, 6) is -2.24. The average molecular weight is 529 g/mol. The molecule has 0 aliphatic rings. The van der Waals surface area contributed by atoms with E-state index in [0.717, 1.165) is 23.4 Å². The van der Waals surface area contributed by atoms with Gasteiger partial charge in [0.2, 0.25) is 10.0 Å². The average Bonchev–Trinajstić information content (AvgIpc) is 2.83. The van der Waals surface area contributed by atoms with Crippen LogP contribution in [0.4, 0.5) is 14.5 Å². The summed E-state index contributed by atoms with van der Waals surface area (Å²) in [6, 6.07) is 14.1. The summed E-state index contributed by atoms with van der Waals surface area (Å²) in [7, 11) is -3.94. The number of aliphatic hydroxyl groups excluding tert-OH is 1. The van der Waals surface area contributed by atoms with Crippen LogP contribution in [-0.2, 0) is 10.0 Å². The minimum atomic E-state index is -3.94. The molecule has 3 aromatic carbocycles. The number of benzene rings is 3. The second kappa shape index (κ2) is 10.0. The molecule has 2 atom stereocenters. The summed E-state index contributed by atoms with van der Waals surface area (Å²) >= 11 is 0. The Balaban J connectivity index is 1.85. The van der Waals surface area contributed by atoms with E-state index in [4.69, 9.17) is 4.42 Å². The molecule has 4 rings (SSSR count). The van der Waals surface area contributed by atoms with Gasteiger partial charge in [-0.15, -0.1) is 0 Å². The number of rotatable bonds is 7. The lowest BCUT2D eigenvalue weighted by Gasteiger charge is -2.23. The maximum absolute atomic E-state index is 14.7. The van der Waals surface area contributed by atoms with Crippen LogP contribution in [0.2, 0.25) is 0 Å². The molecule has 1 heterocycles. The van der Waals surface area contributed by atoms with Gasteiger partial charge in [-0.3, -0.25) is 4.79 Å². The number of fused-ring (bicyclic) bond motifs is 1. The van der Waals surface area contributed by atoms with Crippen molar-refractivity contribution < 1.29 is 26.7 Å². The SMILES string of the molecule is Cc1cc(C(C)Nc2ccc(F)c(F)c2C(O)NS(C)(=O)=O)c2oc(-c3ccccc3)c(C)c(=O)c2c1. The van der Waals surface area contributed by atoms with Crippen LogP contribution < -0.4 is 15.5 Å². The van der Waals surface area contributed by atoms with E-state index in [1.165, 1.54) is 6.07 Å². The van der Waals surface area contributed by atoms with E-state index in [9.17, 15) is 27.1 Å². The lowest BCUT2D eigenvalue weighted by Crippen LogP contribution is -2.29. The standard InChI is InChI=1S/C27H26F2N2O5S/c1-14-12-18(26-19(13-14)24(32)15(2)25(36-26)17-8-6-5-7-9-17)16(3)30-21-11-10-20(28)23(29)22(21)27(33)31-37(4,34)35/h5-13,16,27,30-31,33H,1-4H3. The molecule has 194 valence electrons. The third-order valence-electron chi connectivity index (χ3n) is 6.00. The Morgan fingerprint density at radius 3 is 2.35 bits per heavy atom. The molecule has 1 aromatic heterocycles. The van der Waals surface area contributed by atoms with Crippen molar-refractivity contribution in [2.24, 2.45) is 0 Å². The predicted molar refractivity (Wildman–Crippen MR) is 139 cm³/mol. The molecule has 0 aliphatic carbocycles. The molecule has 10 heteroatoms. The number of halogens is 2. The van der Waals surface area contributed by atoms with E-state index >= 15 is 0 Å². The molecule has 0 spiro atoms. The molecule has 0 fully saturated rings. The van der Waals surface area contributed by atoms with Crippen molar-refractivity contribution in [3.05, 3.63) is 98.7 Å². The van der Waals surface area contributed by atoms with E-state index in [2.05, 4.69) is 5.32 Å². The Kier molecular flexibility index (Phi) is 7.18. The quantitative estimate of drug-likeness (QED) is 0.289. The van der Waals surface area contributed by atoms with Gasteiger partial charge in [0.05, 0.1) is 23.2 Å². The van der Waals surface area contributed by atoms with E-state index in [1.54, 1.807) is 26.0 Å². The summed E-state index contributed by atoms with van der Waals surface area (Å²) < 4.78 is 60.1. The van der Waals surface area contributed by atoms with Gasteiger partial charge in [0.25, 0.3) is 0 Å². The fraction of sp³-hybridized carbons (Fsp3) is 0.222. The Morgan fingerprint density at radius 2 is 1.70 bits per heavy atom. The Hall–Kier alpha value is -3.60. The molecule has 2 unspecified atom stereocenters. The summed E-state index contributed by atoms with van der Waals surface area (Å²) in [4.78, 5) is 13.3. The number of nitrogens with one attached hydrogen (secondary N) is 2. The van der Waals surface area contributed by atoms with Gasteiger partial charge in [-0.1, -0.05) is 36.4 Å². The third kappa shape index (κ3) is 5.41. The van der Waals surface area contributed by atoms with Crippen molar-refractivity contribution in [3.8, 4) is 11.3 Å². The first-order valence-electron chi connectivity index (χ1n) is 11.4. The number of aryl methyl sites for hydroxylation is 1. The molecule has 4 aromatic rings. The highest BCUT2D eigenvalue weighted by Crippen LogP contribution is 2.34. The van der Waals surface area contributed by atoms with E-state index < -0.39 is 39.5 Å². The third-order valence-corrected chi connectivity index (χ3v) is 6.65. The number of anilines is 1. The molecular weight excluding hydrogens is 502 g/mol. The maximum atomic E-state index is 14.7. The molecule has 7 nitrogen and oxygen atoms in total. The first-order valence-corrected chi connectivity index (χ1v) is 13.3. The molecule has 0 saturated carbocycles. The molecule has 0 saturated heterocycles. The van der Waals surface area contributed by atoms with Gasteiger partial charge in [-0.25, -0.2) is 17.2 Å². The number of sulfonamides is 1. The van der Waals surface area contributed by atoms with Crippen LogP contribution in [0.25, 0.3) is 22.3 Å². The molecule has 0 aliphatic heterocycles. The predicted octanol–water partition coefficient (Wildman–Crippen LogP) is 5.07. The highest BCUT2D eigenvalue weighted by molar-refractivity contribution is 7.88. The molecular formula is C27H26F2N2O5S. The maximum Gasteiger partial charge on any atom is 0.211 e.